The largest absolute Gasteiger partial charge is 0.872 e. The average molecular weight is 295 g/mol. The number of rotatable bonds is 2. The molecule has 0 unspecified atom stereocenters. The molecule has 0 aliphatic carbocycles. The van der Waals surface area contributed by atoms with Crippen LogP contribution >= 0.6 is 0 Å². The summed E-state index contributed by atoms with van der Waals surface area (Å²) < 4.78 is 0. The summed E-state index contributed by atoms with van der Waals surface area (Å²) in [5.41, 5.74) is 8.32. The number of fused-ring (bicyclic) bond motifs is 1. The SMILES string of the molecule is Cc1ccc([O-])cc1-c1cc2cc(N(C)O)ncc2c(N)n1. The second-order valence-electron chi connectivity index (χ2n) is 5.16. The predicted molar refractivity (Wildman–Crippen MR) is 83.8 cm³/mol. The number of aryl methyl sites for hydroxylation is 1. The lowest BCUT2D eigenvalue weighted by molar-refractivity contribution is -0.268. The Balaban J connectivity index is 2.25. The van der Waals surface area contributed by atoms with E-state index in [1.165, 1.54) is 13.1 Å². The van der Waals surface area contributed by atoms with Gasteiger partial charge in [0.05, 0.1) is 5.69 Å². The summed E-state index contributed by atoms with van der Waals surface area (Å²) in [5, 5.41) is 23.5. The van der Waals surface area contributed by atoms with Gasteiger partial charge < -0.3 is 10.8 Å². The highest BCUT2D eigenvalue weighted by molar-refractivity contribution is 5.94. The minimum Gasteiger partial charge on any atom is -0.872 e. The minimum absolute atomic E-state index is 0.0772. The second-order valence-corrected chi connectivity index (χ2v) is 5.16. The summed E-state index contributed by atoms with van der Waals surface area (Å²) in [7, 11) is 1.49. The first-order valence-corrected chi connectivity index (χ1v) is 6.72. The van der Waals surface area contributed by atoms with Crippen LogP contribution in [0.15, 0.2) is 36.5 Å². The van der Waals surface area contributed by atoms with Gasteiger partial charge in [-0.25, -0.2) is 15.0 Å². The summed E-state index contributed by atoms with van der Waals surface area (Å²) in [5.74, 6) is 0.660. The Hall–Kier alpha value is -2.86. The van der Waals surface area contributed by atoms with Crippen LogP contribution in [0.3, 0.4) is 0 Å². The number of aromatic nitrogens is 2. The van der Waals surface area contributed by atoms with Crippen molar-refractivity contribution in [3.8, 4) is 17.0 Å². The normalized spacial score (nSPS) is 10.9. The van der Waals surface area contributed by atoms with Gasteiger partial charge in [0, 0.05) is 24.2 Å². The maximum Gasteiger partial charge on any atom is 0.152 e. The van der Waals surface area contributed by atoms with Crippen molar-refractivity contribution in [2.45, 2.75) is 6.92 Å². The molecule has 1 aromatic carbocycles. The van der Waals surface area contributed by atoms with Gasteiger partial charge >= 0.3 is 0 Å². The first kappa shape index (κ1) is 14.1. The molecule has 0 aliphatic heterocycles. The molecule has 2 aromatic heterocycles. The molecule has 3 N–H and O–H groups in total. The van der Waals surface area contributed by atoms with Crippen LogP contribution in [0, 0.1) is 6.92 Å². The van der Waals surface area contributed by atoms with E-state index in [1.54, 1.807) is 24.4 Å². The number of nitrogen functional groups attached to an aromatic ring is 1. The summed E-state index contributed by atoms with van der Waals surface area (Å²) >= 11 is 0. The third-order valence-electron chi connectivity index (χ3n) is 3.55. The molecule has 22 heavy (non-hydrogen) atoms. The molecule has 0 saturated heterocycles. The van der Waals surface area contributed by atoms with Gasteiger partial charge in [-0.1, -0.05) is 18.2 Å². The fourth-order valence-electron chi connectivity index (χ4n) is 2.35. The van der Waals surface area contributed by atoms with E-state index in [9.17, 15) is 10.3 Å². The molecule has 0 spiro atoms. The van der Waals surface area contributed by atoms with Gasteiger partial charge in [-0.3, -0.25) is 5.21 Å². The van der Waals surface area contributed by atoms with Gasteiger partial charge in [-0.15, -0.1) is 5.75 Å². The van der Waals surface area contributed by atoms with Crippen molar-refractivity contribution in [3.05, 3.63) is 42.1 Å². The standard InChI is InChI=1S/C16H16N4O2/c1-9-3-4-11(21)7-12(9)14-5-10-6-15(20(2)22)18-8-13(10)16(17)19-14/h3-8,21-22H,1-2H3,(H2,17,19)/p-1. The molecule has 0 radical (unpaired) electrons. The van der Waals surface area contributed by atoms with Gasteiger partial charge in [0.25, 0.3) is 0 Å². The topological polar surface area (TPSA) is 98.3 Å². The Kier molecular flexibility index (Phi) is 3.30. The van der Waals surface area contributed by atoms with E-state index in [2.05, 4.69) is 9.97 Å². The molecule has 3 aromatic rings. The number of hydrogen-bond acceptors (Lipinski definition) is 6. The van der Waals surface area contributed by atoms with Gasteiger partial charge in [-0.2, -0.15) is 0 Å². The molecule has 0 fully saturated rings. The summed E-state index contributed by atoms with van der Waals surface area (Å²) in [6.07, 6.45) is 1.57. The minimum atomic E-state index is -0.0772. The number of hydroxylamine groups is 1. The zero-order chi connectivity index (χ0) is 15.9. The number of nitrogens with zero attached hydrogens (tertiary/aromatic N) is 3. The summed E-state index contributed by atoms with van der Waals surface area (Å²) in [6, 6.07) is 8.38. The van der Waals surface area contributed by atoms with E-state index < -0.39 is 0 Å². The highest BCUT2D eigenvalue weighted by atomic mass is 16.5. The lowest BCUT2D eigenvalue weighted by Crippen LogP contribution is -2.11. The van der Waals surface area contributed by atoms with E-state index in [0.29, 0.717) is 22.7 Å². The first-order valence-electron chi connectivity index (χ1n) is 6.72. The molecule has 6 heteroatoms. The van der Waals surface area contributed by atoms with Crippen LogP contribution in [0.5, 0.6) is 5.75 Å². The molecule has 0 aliphatic rings. The molecule has 0 saturated carbocycles. The third kappa shape index (κ3) is 2.40. The molecule has 6 nitrogen and oxygen atoms in total. The zero-order valence-corrected chi connectivity index (χ0v) is 12.2. The van der Waals surface area contributed by atoms with Crippen molar-refractivity contribution in [3.63, 3.8) is 0 Å². The van der Waals surface area contributed by atoms with E-state index in [-0.39, 0.29) is 5.75 Å². The molecule has 0 bridgehead atoms. The lowest BCUT2D eigenvalue weighted by atomic mass is 10.0. The van der Waals surface area contributed by atoms with Crippen molar-refractivity contribution >= 4 is 22.4 Å². The van der Waals surface area contributed by atoms with Gasteiger partial charge in [0.2, 0.25) is 0 Å². The zero-order valence-electron chi connectivity index (χ0n) is 12.2. The van der Waals surface area contributed by atoms with E-state index in [1.807, 2.05) is 13.0 Å². The molecule has 112 valence electrons. The predicted octanol–water partition coefficient (Wildman–Crippen LogP) is 2.09. The monoisotopic (exact) mass is 295 g/mol. The van der Waals surface area contributed by atoms with Crippen LogP contribution in [0.25, 0.3) is 22.0 Å². The van der Waals surface area contributed by atoms with Gasteiger partial charge in [0.1, 0.15) is 5.82 Å². The Morgan fingerprint density at radius 1 is 1.23 bits per heavy atom. The maximum absolute atomic E-state index is 11.6. The third-order valence-corrected chi connectivity index (χ3v) is 3.55. The van der Waals surface area contributed by atoms with Gasteiger partial charge in [-0.05, 0) is 30.0 Å². The van der Waals surface area contributed by atoms with Crippen molar-refractivity contribution in [1.82, 2.24) is 9.97 Å². The molecule has 0 amide bonds. The highest BCUT2D eigenvalue weighted by Gasteiger charge is 2.10. The van der Waals surface area contributed by atoms with E-state index in [4.69, 9.17) is 5.73 Å². The number of hydrogen-bond donors (Lipinski definition) is 2. The number of nitrogens with two attached hydrogens (primary N) is 1. The van der Waals surface area contributed by atoms with Crippen molar-refractivity contribution in [2.75, 3.05) is 17.8 Å². The quantitative estimate of drug-likeness (QED) is 0.702. The smallest absolute Gasteiger partial charge is 0.152 e. The van der Waals surface area contributed by atoms with Crippen LogP contribution in [-0.4, -0.2) is 22.2 Å². The Morgan fingerprint density at radius 3 is 2.73 bits per heavy atom. The Morgan fingerprint density at radius 2 is 2.00 bits per heavy atom. The molecular formula is C16H15N4O2-. The lowest BCUT2D eigenvalue weighted by Gasteiger charge is -2.14. The highest BCUT2D eigenvalue weighted by Crippen LogP contribution is 2.30. The number of benzene rings is 1. The fourth-order valence-corrected chi connectivity index (χ4v) is 2.35. The summed E-state index contributed by atoms with van der Waals surface area (Å²) in [6.45, 7) is 1.91. The van der Waals surface area contributed by atoms with Crippen LogP contribution in [-0.2, 0) is 0 Å². The first-order chi connectivity index (χ1) is 10.5. The van der Waals surface area contributed by atoms with E-state index in [0.717, 1.165) is 21.6 Å². The van der Waals surface area contributed by atoms with E-state index >= 15 is 0 Å². The van der Waals surface area contributed by atoms with Crippen LogP contribution in [0.1, 0.15) is 5.56 Å². The van der Waals surface area contributed by atoms with Crippen molar-refractivity contribution in [1.29, 1.82) is 0 Å². The van der Waals surface area contributed by atoms with Gasteiger partial charge in [0.15, 0.2) is 5.82 Å². The Bertz CT molecular complexity index is 862. The van der Waals surface area contributed by atoms with Crippen LogP contribution in [0.2, 0.25) is 0 Å². The van der Waals surface area contributed by atoms with Crippen molar-refractivity contribution in [2.24, 2.45) is 0 Å². The molecule has 3 rings (SSSR count). The maximum atomic E-state index is 11.6. The van der Waals surface area contributed by atoms with Crippen LogP contribution in [0.4, 0.5) is 11.6 Å². The molecule has 0 atom stereocenters. The molecule has 2 heterocycles. The number of anilines is 2. The average Bonchev–Trinajstić information content (AvgIpc) is 2.49. The fraction of sp³-hybridized carbons (Fsp3) is 0.125. The Labute approximate surface area is 127 Å². The second kappa shape index (κ2) is 5.16. The molecular weight excluding hydrogens is 280 g/mol. The van der Waals surface area contributed by atoms with Crippen LogP contribution < -0.4 is 15.9 Å². The number of pyridine rings is 2. The van der Waals surface area contributed by atoms with Crippen molar-refractivity contribution < 1.29 is 10.3 Å². The summed E-state index contributed by atoms with van der Waals surface area (Å²) in [4.78, 5) is 8.48.